The molecule has 0 aromatic rings. The second-order valence-electron chi connectivity index (χ2n) is 6.91. The van der Waals surface area contributed by atoms with Gasteiger partial charge in [-0.1, -0.05) is 0 Å². The van der Waals surface area contributed by atoms with Crippen LogP contribution in [0.15, 0.2) is 0 Å². The van der Waals surface area contributed by atoms with E-state index in [1.165, 1.54) is 6.92 Å². The van der Waals surface area contributed by atoms with E-state index in [1.807, 2.05) is 0 Å². The third-order valence-electron chi connectivity index (χ3n) is 4.54. The Morgan fingerprint density at radius 1 is 0.552 bits per heavy atom. The molecule has 0 atom stereocenters. The van der Waals surface area contributed by atoms with Gasteiger partial charge in [0.05, 0.1) is 0 Å². The summed E-state index contributed by atoms with van der Waals surface area (Å²) in [5.41, 5.74) is -15.3. The molecule has 4 fully saturated rings. The summed E-state index contributed by atoms with van der Waals surface area (Å²) >= 11 is 0. The average Bonchev–Trinajstić information content (AvgIpc) is 2.79. The molecule has 4 rings (SSSR count). The van der Waals surface area contributed by atoms with Crippen molar-refractivity contribution in [3.05, 3.63) is 0 Å². The zero-order valence-electron chi connectivity index (χ0n) is 13.6. The van der Waals surface area contributed by atoms with E-state index < -0.39 is 68.9 Å². The molecule has 4 aliphatic heterocycles. The maximum absolute atomic E-state index is 13.5. The Morgan fingerprint density at radius 3 is 1.00 bits per heavy atom. The molecular formula is C11H9F12O5P. The first-order valence-electron chi connectivity index (χ1n) is 7.27. The van der Waals surface area contributed by atoms with Gasteiger partial charge >= 0.3 is 151 Å². The van der Waals surface area contributed by atoms with E-state index in [2.05, 4.69) is 22.6 Å². The Hall–Kier alpha value is -0.610. The molecule has 4 aliphatic rings. The summed E-state index contributed by atoms with van der Waals surface area (Å²) < 4.78 is 183. The van der Waals surface area contributed by atoms with Gasteiger partial charge in [0.15, 0.2) is 0 Å². The molecule has 0 radical (unpaired) electrons. The molecule has 172 valence electrons. The van der Waals surface area contributed by atoms with Gasteiger partial charge < -0.3 is 0 Å². The van der Waals surface area contributed by atoms with Crippen LogP contribution < -0.4 is 0 Å². The zero-order chi connectivity index (χ0) is 22.6. The molecule has 4 saturated heterocycles. The fourth-order valence-electron chi connectivity index (χ4n) is 3.10. The Morgan fingerprint density at radius 2 is 0.793 bits per heavy atom. The fourth-order valence-corrected chi connectivity index (χ4v) is 6.81. The summed E-state index contributed by atoms with van der Waals surface area (Å²) in [6.07, 6.45) is -29.4. The summed E-state index contributed by atoms with van der Waals surface area (Å²) in [5.74, 6) is 0. The zero-order valence-corrected chi connectivity index (χ0v) is 14.5. The van der Waals surface area contributed by atoms with Crippen molar-refractivity contribution >= 4 is 7.74 Å². The van der Waals surface area contributed by atoms with Crippen LogP contribution >= 0.6 is 7.74 Å². The van der Waals surface area contributed by atoms with Crippen molar-refractivity contribution in [1.29, 1.82) is 0 Å². The molecule has 4 heterocycles. The third-order valence-corrected chi connectivity index (χ3v) is 7.33. The monoisotopic (exact) mass is 480 g/mol. The molecular weight excluding hydrogens is 471 g/mol. The Bertz CT molecular complexity index is 610. The molecule has 0 unspecified atom stereocenters. The molecule has 2 bridgehead atoms. The van der Waals surface area contributed by atoms with E-state index in [9.17, 15) is 52.7 Å². The second kappa shape index (κ2) is 5.41. The predicted molar refractivity (Wildman–Crippen MR) is 64.7 cm³/mol. The minimum absolute atomic E-state index is 0.942. The van der Waals surface area contributed by atoms with Gasteiger partial charge in [0.25, 0.3) is 0 Å². The van der Waals surface area contributed by atoms with Crippen molar-refractivity contribution in [2.24, 2.45) is 5.41 Å². The molecule has 18 heteroatoms. The molecule has 0 aromatic carbocycles. The topological polar surface area (TPSA) is 46.2 Å². The number of rotatable bonds is 0. The van der Waals surface area contributed by atoms with Crippen LogP contribution in [0.3, 0.4) is 0 Å². The molecule has 1 spiro atoms. The predicted octanol–water partition coefficient (Wildman–Crippen LogP) is 4.97. The van der Waals surface area contributed by atoms with Gasteiger partial charge in [-0.05, 0) is 0 Å². The average molecular weight is 480 g/mol. The molecule has 0 N–H and O–H groups in total. The van der Waals surface area contributed by atoms with E-state index in [0.29, 0.717) is 0 Å². The van der Waals surface area contributed by atoms with E-state index in [1.54, 1.807) is 0 Å². The number of fused-ring (bicyclic) bond motifs is 3. The van der Waals surface area contributed by atoms with Crippen molar-refractivity contribution in [3.63, 3.8) is 0 Å². The summed E-state index contributed by atoms with van der Waals surface area (Å²) in [6, 6.07) is 0. The van der Waals surface area contributed by atoms with Crippen LogP contribution in [-0.2, 0) is 22.6 Å². The summed E-state index contributed by atoms with van der Waals surface area (Å²) in [6.45, 7) is -1.59. The summed E-state index contributed by atoms with van der Waals surface area (Å²) in [4.78, 5) is 0. The maximum atomic E-state index is 13.5. The van der Waals surface area contributed by atoms with Crippen LogP contribution in [-0.4, -0.2) is 55.7 Å². The van der Waals surface area contributed by atoms with Gasteiger partial charge in [-0.3, -0.25) is 0 Å². The van der Waals surface area contributed by atoms with E-state index >= 15 is 0 Å². The SMILES string of the molecule is CC12COP3(OC1)(OC2)OC(C(F)(F)F)(C(F)(F)F)C(C(F)(F)F)(C(F)(F)F)O3. The van der Waals surface area contributed by atoms with Crippen LogP contribution in [0.5, 0.6) is 0 Å². The van der Waals surface area contributed by atoms with Crippen molar-refractivity contribution in [2.45, 2.75) is 42.8 Å². The number of hydrogen-bond acceptors (Lipinski definition) is 5. The van der Waals surface area contributed by atoms with Crippen LogP contribution in [0.2, 0.25) is 0 Å². The van der Waals surface area contributed by atoms with Crippen molar-refractivity contribution in [2.75, 3.05) is 19.8 Å². The van der Waals surface area contributed by atoms with Crippen LogP contribution in [0.25, 0.3) is 0 Å². The molecule has 0 amide bonds. The second-order valence-corrected chi connectivity index (χ2v) is 9.54. The van der Waals surface area contributed by atoms with E-state index in [4.69, 9.17) is 0 Å². The molecule has 0 aromatic heterocycles. The van der Waals surface area contributed by atoms with Crippen molar-refractivity contribution in [1.82, 2.24) is 0 Å². The molecule has 0 saturated carbocycles. The molecule has 5 nitrogen and oxygen atoms in total. The third kappa shape index (κ3) is 2.60. The van der Waals surface area contributed by atoms with Gasteiger partial charge in [0.2, 0.25) is 0 Å². The number of hydrogen-bond donors (Lipinski definition) is 0. The fraction of sp³-hybridized carbons (Fsp3) is 1.00. The van der Waals surface area contributed by atoms with Gasteiger partial charge in [-0.15, -0.1) is 0 Å². The molecule has 0 aliphatic carbocycles. The summed E-state index contributed by atoms with van der Waals surface area (Å²) in [5, 5.41) is 0. The van der Waals surface area contributed by atoms with Gasteiger partial charge in [0.1, 0.15) is 0 Å². The standard InChI is InChI=1S/C11H9F12O5P/c1-5-2-24-29(25-3-5,26-4-5)27-6(8(12,13)14,9(15,16)17)7(28-29,10(18,19)20)11(21,22)23/h2-4H2,1H3. The Labute approximate surface area is 152 Å². The van der Waals surface area contributed by atoms with E-state index in [-0.39, 0.29) is 0 Å². The van der Waals surface area contributed by atoms with Gasteiger partial charge in [-0.25, -0.2) is 0 Å². The Balaban J connectivity index is 2.42. The number of halogens is 12. The summed E-state index contributed by atoms with van der Waals surface area (Å²) in [7, 11) is -7.12. The molecule has 29 heavy (non-hydrogen) atoms. The van der Waals surface area contributed by atoms with Crippen LogP contribution in [0, 0.1) is 5.41 Å². The van der Waals surface area contributed by atoms with Crippen LogP contribution in [0.4, 0.5) is 52.7 Å². The van der Waals surface area contributed by atoms with Crippen molar-refractivity contribution in [3.8, 4) is 0 Å². The number of alkyl halides is 12. The quantitative estimate of drug-likeness (QED) is 0.362. The van der Waals surface area contributed by atoms with Gasteiger partial charge in [-0.2, -0.15) is 0 Å². The van der Waals surface area contributed by atoms with Crippen molar-refractivity contribution < 1.29 is 75.3 Å². The Kier molecular flexibility index (Phi) is 4.30. The first kappa shape index (κ1) is 23.1. The first-order valence-corrected chi connectivity index (χ1v) is 9.09. The van der Waals surface area contributed by atoms with Crippen LogP contribution in [0.1, 0.15) is 6.92 Å². The van der Waals surface area contributed by atoms with E-state index in [0.717, 1.165) is 0 Å². The normalized spacial score (nSPS) is 34.7. The van der Waals surface area contributed by atoms with Gasteiger partial charge in [0, 0.05) is 0 Å². The minimum atomic E-state index is -7.35. The first-order chi connectivity index (χ1) is 12.6.